The van der Waals surface area contributed by atoms with Gasteiger partial charge in [0.15, 0.2) is 0 Å². The molecule has 5 nitrogen and oxygen atoms in total. The topological polar surface area (TPSA) is 69.6 Å². The minimum absolute atomic E-state index is 0.153. The van der Waals surface area contributed by atoms with Crippen molar-refractivity contribution in [3.8, 4) is 0 Å². The van der Waals surface area contributed by atoms with Crippen molar-refractivity contribution in [3.05, 3.63) is 0 Å². The summed E-state index contributed by atoms with van der Waals surface area (Å²) in [5.41, 5.74) is 0. The lowest BCUT2D eigenvalue weighted by molar-refractivity contribution is 0.169. The van der Waals surface area contributed by atoms with E-state index in [0.29, 0.717) is 19.0 Å². The average Bonchev–Trinajstić information content (AvgIpc) is 3.07. The molecule has 0 spiro atoms. The third-order valence-corrected chi connectivity index (χ3v) is 5.56. The number of hydrogen-bond donors (Lipinski definition) is 2. The molecule has 1 aliphatic carbocycles. The summed E-state index contributed by atoms with van der Waals surface area (Å²) in [6.07, 6.45) is 3.54. The Labute approximate surface area is 103 Å². The molecule has 17 heavy (non-hydrogen) atoms. The van der Waals surface area contributed by atoms with E-state index in [0.717, 1.165) is 25.7 Å². The molecule has 2 fully saturated rings. The summed E-state index contributed by atoms with van der Waals surface area (Å²) in [5.74, 6) is 0.797. The summed E-state index contributed by atoms with van der Waals surface area (Å²) in [5, 5.41) is 9.02. The Kier molecular flexibility index (Phi) is 4.07. The van der Waals surface area contributed by atoms with Crippen LogP contribution in [-0.4, -0.2) is 43.6 Å². The number of piperidine rings is 1. The fourth-order valence-electron chi connectivity index (χ4n) is 2.44. The van der Waals surface area contributed by atoms with Crippen LogP contribution in [-0.2, 0) is 10.2 Å². The molecular weight excluding hydrogens is 240 g/mol. The predicted octanol–water partition coefficient (Wildman–Crippen LogP) is 0.324. The van der Waals surface area contributed by atoms with Crippen LogP contribution in [0.2, 0.25) is 0 Å². The number of nitrogens with zero attached hydrogens (tertiary/aromatic N) is 1. The molecule has 6 heteroatoms. The van der Waals surface area contributed by atoms with Crippen LogP contribution in [0.15, 0.2) is 0 Å². The largest absolute Gasteiger partial charge is 0.396 e. The van der Waals surface area contributed by atoms with Gasteiger partial charge in [0.1, 0.15) is 0 Å². The lowest BCUT2D eigenvalue weighted by Gasteiger charge is -2.30. The zero-order valence-electron chi connectivity index (χ0n) is 10.3. The highest BCUT2D eigenvalue weighted by Crippen LogP contribution is 2.34. The molecule has 1 saturated heterocycles. The molecule has 0 radical (unpaired) electrons. The van der Waals surface area contributed by atoms with E-state index >= 15 is 0 Å². The second-order valence-electron chi connectivity index (χ2n) is 5.16. The van der Waals surface area contributed by atoms with Gasteiger partial charge in [0.2, 0.25) is 0 Å². The predicted molar refractivity (Wildman–Crippen MR) is 65.6 cm³/mol. The Morgan fingerprint density at radius 3 is 2.47 bits per heavy atom. The monoisotopic (exact) mass is 262 g/mol. The first kappa shape index (κ1) is 13.3. The molecule has 2 atom stereocenters. The lowest BCUT2D eigenvalue weighted by Crippen LogP contribution is -2.46. The van der Waals surface area contributed by atoms with Gasteiger partial charge in [-0.1, -0.05) is 13.3 Å². The average molecular weight is 262 g/mol. The van der Waals surface area contributed by atoms with E-state index in [4.69, 9.17) is 5.11 Å². The molecule has 2 N–H and O–H groups in total. The molecule has 0 aromatic rings. The van der Waals surface area contributed by atoms with Crippen molar-refractivity contribution in [1.82, 2.24) is 9.03 Å². The van der Waals surface area contributed by atoms with E-state index in [-0.39, 0.29) is 18.6 Å². The first-order valence-electron chi connectivity index (χ1n) is 6.45. The highest BCUT2D eigenvalue weighted by atomic mass is 32.2. The van der Waals surface area contributed by atoms with Gasteiger partial charge in [0, 0.05) is 25.7 Å². The number of hydrogen-bond acceptors (Lipinski definition) is 3. The normalized spacial score (nSPS) is 31.6. The number of nitrogens with one attached hydrogen (secondary N) is 1. The van der Waals surface area contributed by atoms with Gasteiger partial charge in [0.25, 0.3) is 10.2 Å². The Bertz CT molecular complexity index is 350. The van der Waals surface area contributed by atoms with Crippen LogP contribution in [0.3, 0.4) is 0 Å². The van der Waals surface area contributed by atoms with Crippen molar-refractivity contribution in [3.63, 3.8) is 0 Å². The first-order valence-corrected chi connectivity index (χ1v) is 7.89. The van der Waals surface area contributed by atoms with E-state index in [1.54, 1.807) is 0 Å². The SMILES string of the molecule is CCC1CC1NS(=O)(=O)N1CCC(CO)CC1. The van der Waals surface area contributed by atoms with Crippen molar-refractivity contribution in [1.29, 1.82) is 0 Å². The van der Waals surface area contributed by atoms with Crippen molar-refractivity contribution < 1.29 is 13.5 Å². The van der Waals surface area contributed by atoms with Crippen LogP contribution in [0, 0.1) is 11.8 Å². The molecule has 1 saturated carbocycles. The van der Waals surface area contributed by atoms with Gasteiger partial charge in [-0.3, -0.25) is 0 Å². The van der Waals surface area contributed by atoms with Crippen LogP contribution in [0.5, 0.6) is 0 Å². The highest BCUT2D eigenvalue weighted by molar-refractivity contribution is 7.87. The fraction of sp³-hybridized carbons (Fsp3) is 1.00. The number of rotatable bonds is 5. The van der Waals surface area contributed by atoms with Crippen molar-refractivity contribution in [2.75, 3.05) is 19.7 Å². The van der Waals surface area contributed by atoms with E-state index in [9.17, 15) is 8.42 Å². The van der Waals surface area contributed by atoms with Crippen LogP contribution in [0.25, 0.3) is 0 Å². The molecule has 2 unspecified atom stereocenters. The van der Waals surface area contributed by atoms with E-state index in [2.05, 4.69) is 11.6 Å². The second-order valence-corrected chi connectivity index (χ2v) is 6.86. The highest BCUT2D eigenvalue weighted by Gasteiger charge is 2.40. The summed E-state index contributed by atoms with van der Waals surface area (Å²) in [4.78, 5) is 0. The van der Waals surface area contributed by atoms with Crippen molar-refractivity contribution in [2.24, 2.45) is 11.8 Å². The maximum absolute atomic E-state index is 12.0. The molecule has 2 aliphatic rings. The second kappa shape index (κ2) is 5.22. The fourth-order valence-corrected chi connectivity index (χ4v) is 3.95. The first-order chi connectivity index (χ1) is 8.06. The third kappa shape index (κ3) is 3.19. The smallest absolute Gasteiger partial charge is 0.279 e. The van der Waals surface area contributed by atoms with Crippen molar-refractivity contribution >= 4 is 10.2 Å². The molecule has 0 aromatic carbocycles. The van der Waals surface area contributed by atoms with E-state index < -0.39 is 10.2 Å². The zero-order valence-corrected chi connectivity index (χ0v) is 11.1. The zero-order chi connectivity index (χ0) is 12.5. The summed E-state index contributed by atoms with van der Waals surface area (Å²) < 4.78 is 28.4. The van der Waals surface area contributed by atoms with Gasteiger partial charge in [-0.25, -0.2) is 0 Å². The van der Waals surface area contributed by atoms with Crippen LogP contribution in [0.4, 0.5) is 0 Å². The van der Waals surface area contributed by atoms with Crippen molar-refractivity contribution in [2.45, 2.75) is 38.6 Å². The Hall–Kier alpha value is -0.170. The number of aliphatic hydroxyl groups is 1. The molecule has 2 rings (SSSR count). The van der Waals surface area contributed by atoms with E-state index in [1.165, 1.54) is 4.31 Å². The van der Waals surface area contributed by atoms with Gasteiger partial charge in [-0.2, -0.15) is 17.4 Å². The lowest BCUT2D eigenvalue weighted by atomic mass is 10.00. The Balaban J connectivity index is 1.85. The van der Waals surface area contributed by atoms with Crippen LogP contribution >= 0.6 is 0 Å². The molecule has 0 aromatic heterocycles. The van der Waals surface area contributed by atoms with E-state index in [1.807, 2.05) is 0 Å². The van der Waals surface area contributed by atoms with Gasteiger partial charge in [0.05, 0.1) is 0 Å². The van der Waals surface area contributed by atoms with Crippen LogP contribution < -0.4 is 4.72 Å². The molecular formula is C11H22N2O3S. The van der Waals surface area contributed by atoms with Gasteiger partial charge >= 0.3 is 0 Å². The maximum atomic E-state index is 12.0. The summed E-state index contributed by atoms with van der Waals surface area (Å²) in [6.45, 7) is 3.32. The summed E-state index contributed by atoms with van der Waals surface area (Å²) in [7, 11) is -3.29. The molecule has 0 amide bonds. The van der Waals surface area contributed by atoms with Gasteiger partial charge < -0.3 is 5.11 Å². The molecule has 0 bridgehead atoms. The minimum atomic E-state index is -3.29. The molecule has 100 valence electrons. The molecule has 1 aliphatic heterocycles. The van der Waals surface area contributed by atoms with Gasteiger partial charge in [-0.05, 0) is 31.1 Å². The van der Waals surface area contributed by atoms with Gasteiger partial charge in [-0.15, -0.1) is 0 Å². The Morgan fingerprint density at radius 2 is 2.00 bits per heavy atom. The quantitative estimate of drug-likeness (QED) is 0.750. The summed E-state index contributed by atoms with van der Waals surface area (Å²) in [6, 6.07) is 0.153. The summed E-state index contributed by atoms with van der Waals surface area (Å²) >= 11 is 0. The van der Waals surface area contributed by atoms with Crippen LogP contribution in [0.1, 0.15) is 32.6 Å². The minimum Gasteiger partial charge on any atom is -0.396 e. The number of aliphatic hydroxyl groups excluding tert-OH is 1. The third-order valence-electron chi connectivity index (χ3n) is 3.92. The maximum Gasteiger partial charge on any atom is 0.279 e. The standard InChI is InChI=1S/C11H22N2O3S/c1-2-10-7-11(10)12-17(15,16)13-5-3-9(8-14)4-6-13/h9-12,14H,2-8H2,1H3. The molecule has 1 heterocycles. The Morgan fingerprint density at radius 1 is 1.35 bits per heavy atom.